The minimum Gasteiger partial charge on any atom is -0.478 e. The van der Waals surface area contributed by atoms with E-state index >= 15 is 0 Å². The van der Waals surface area contributed by atoms with E-state index in [1.54, 1.807) is 13.2 Å². The third kappa shape index (κ3) is 3.93. The monoisotopic (exact) mass is 408 g/mol. The van der Waals surface area contributed by atoms with Crippen molar-refractivity contribution in [1.29, 1.82) is 0 Å². The van der Waals surface area contributed by atoms with Crippen LogP contribution in [0.2, 0.25) is 0 Å². The molecule has 0 amide bonds. The van der Waals surface area contributed by atoms with Crippen LogP contribution in [-0.2, 0) is 11.3 Å². The Balaban J connectivity index is 1.57. The Bertz CT molecular complexity index is 948. The lowest BCUT2D eigenvalue weighted by molar-refractivity contribution is 0.0646. The van der Waals surface area contributed by atoms with E-state index in [0.29, 0.717) is 37.0 Å². The molecule has 0 saturated heterocycles. The molecule has 0 atom stereocenters. The summed E-state index contributed by atoms with van der Waals surface area (Å²) in [5.41, 5.74) is 3.63. The number of benzene rings is 2. The molecular formula is C24H28N2O4. The third-order valence-electron chi connectivity index (χ3n) is 5.61. The molecule has 158 valence electrons. The molecule has 0 aliphatic carbocycles. The molecule has 2 aromatic rings. The fraction of sp³-hybridized carbons (Fsp3) is 0.375. The summed E-state index contributed by atoms with van der Waals surface area (Å²) in [6, 6.07) is 11.9. The van der Waals surface area contributed by atoms with Crippen LogP contribution in [0.15, 0.2) is 42.2 Å². The molecule has 2 aromatic carbocycles. The van der Waals surface area contributed by atoms with Gasteiger partial charge in [0.1, 0.15) is 18.2 Å². The van der Waals surface area contributed by atoms with Crippen LogP contribution in [0.5, 0.6) is 11.5 Å². The van der Waals surface area contributed by atoms with E-state index in [-0.39, 0.29) is 5.78 Å². The van der Waals surface area contributed by atoms with E-state index in [9.17, 15) is 4.79 Å². The first-order valence-electron chi connectivity index (χ1n) is 10.4. The Morgan fingerprint density at radius 3 is 2.60 bits per heavy atom. The second kappa shape index (κ2) is 8.90. The van der Waals surface area contributed by atoms with Crippen molar-refractivity contribution in [2.75, 3.05) is 45.0 Å². The van der Waals surface area contributed by atoms with Gasteiger partial charge < -0.3 is 19.1 Å². The minimum atomic E-state index is -0.0883. The maximum absolute atomic E-state index is 12.9. The molecule has 0 aromatic heterocycles. The number of fused-ring (bicyclic) bond motifs is 3. The number of allylic oxidation sites excluding steroid dienone is 1. The van der Waals surface area contributed by atoms with E-state index in [1.807, 2.05) is 24.3 Å². The van der Waals surface area contributed by atoms with Gasteiger partial charge in [-0.3, -0.25) is 9.69 Å². The first-order chi connectivity index (χ1) is 14.6. The fourth-order valence-electron chi connectivity index (χ4n) is 3.89. The summed E-state index contributed by atoms with van der Waals surface area (Å²) < 4.78 is 17.1. The van der Waals surface area contributed by atoms with Gasteiger partial charge in [-0.15, -0.1) is 0 Å². The minimum absolute atomic E-state index is 0.0883. The van der Waals surface area contributed by atoms with Crippen LogP contribution in [0.25, 0.3) is 6.08 Å². The maximum Gasteiger partial charge on any atom is 0.231 e. The van der Waals surface area contributed by atoms with Crippen molar-refractivity contribution in [2.45, 2.75) is 20.4 Å². The van der Waals surface area contributed by atoms with Crippen LogP contribution in [0.4, 0.5) is 5.69 Å². The van der Waals surface area contributed by atoms with Crippen molar-refractivity contribution in [3.05, 3.63) is 58.8 Å². The van der Waals surface area contributed by atoms with Crippen LogP contribution in [0.1, 0.15) is 35.3 Å². The Kier molecular flexibility index (Phi) is 6.06. The Hall–Kier alpha value is -2.83. The number of methoxy groups -OCH3 is 1. The van der Waals surface area contributed by atoms with Gasteiger partial charge in [-0.1, -0.05) is 12.1 Å². The lowest BCUT2D eigenvalue weighted by atomic mass is 10.0. The molecule has 0 fully saturated rings. The van der Waals surface area contributed by atoms with Gasteiger partial charge in [0.15, 0.2) is 5.76 Å². The number of Topliss-reactive ketones (excluding diaryl/α,β-unsaturated/α-hetero) is 1. The molecule has 0 unspecified atom stereocenters. The predicted molar refractivity (Wildman–Crippen MR) is 117 cm³/mol. The number of ether oxygens (including phenoxy) is 3. The molecule has 2 aliphatic heterocycles. The van der Waals surface area contributed by atoms with Crippen molar-refractivity contribution in [3.8, 4) is 11.5 Å². The number of nitrogens with zero attached hydrogens (tertiary/aromatic N) is 2. The van der Waals surface area contributed by atoms with Gasteiger partial charge >= 0.3 is 0 Å². The van der Waals surface area contributed by atoms with E-state index in [4.69, 9.17) is 14.2 Å². The van der Waals surface area contributed by atoms with Gasteiger partial charge in [0.2, 0.25) is 5.78 Å². The first kappa shape index (κ1) is 20.4. The summed E-state index contributed by atoms with van der Waals surface area (Å²) in [6.07, 6.45) is 1.81. The molecule has 0 N–H and O–H groups in total. The fourth-order valence-corrected chi connectivity index (χ4v) is 3.89. The van der Waals surface area contributed by atoms with Crippen molar-refractivity contribution in [3.63, 3.8) is 0 Å². The van der Waals surface area contributed by atoms with Crippen LogP contribution >= 0.6 is 0 Å². The molecule has 2 aliphatic rings. The number of rotatable bonds is 7. The molecule has 0 bridgehead atoms. The van der Waals surface area contributed by atoms with Crippen LogP contribution < -0.4 is 14.4 Å². The van der Waals surface area contributed by atoms with Crippen molar-refractivity contribution in [1.82, 2.24) is 4.90 Å². The third-order valence-corrected chi connectivity index (χ3v) is 5.61. The molecule has 30 heavy (non-hydrogen) atoms. The maximum atomic E-state index is 12.9. The highest BCUT2D eigenvalue weighted by Gasteiger charge is 2.33. The van der Waals surface area contributed by atoms with Crippen LogP contribution in [0.3, 0.4) is 0 Å². The van der Waals surface area contributed by atoms with Crippen molar-refractivity contribution in [2.24, 2.45) is 0 Å². The average molecular weight is 408 g/mol. The lowest BCUT2D eigenvalue weighted by Gasteiger charge is -2.29. The smallest absolute Gasteiger partial charge is 0.231 e. The number of ketones is 1. The molecule has 0 radical (unpaired) electrons. The number of carbonyl (C=O) groups is 1. The zero-order valence-corrected chi connectivity index (χ0v) is 17.8. The predicted octanol–water partition coefficient (Wildman–Crippen LogP) is 3.95. The van der Waals surface area contributed by atoms with Crippen molar-refractivity contribution >= 4 is 17.5 Å². The topological polar surface area (TPSA) is 51.2 Å². The van der Waals surface area contributed by atoms with Gasteiger partial charge in [0.25, 0.3) is 0 Å². The molecule has 6 nitrogen and oxygen atoms in total. The van der Waals surface area contributed by atoms with Crippen LogP contribution in [0, 0.1) is 0 Å². The quantitative estimate of drug-likeness (QED) is 0.647. The molecule has 0 spiro atoms. The summed E-state index contributed by atoms with van der Waals surface area (Å²) in [5.74, 6) is 1.66. The molecule has 6 heteroatoms. The second-order valence-corrected chi connectivity index (χ2v) is 7.44. The number of hydrogen-bond acceptors (Lipinski definition) is 6. The second-order valence-electron chi connectivity index (χ2n) is 7.44. The Labute approximate surface area is 177 Å². The van der Waals surface area contributed by atoms with Gasteiger partial charge in [0.05, 0.1) is 17.7 Å². The highest BCUT2D eigenvalue weighted by Crippen LogP contribution is 2.42. The van der Waals surface area contributed by atoms with Gasteiger partial charge in [-0.2, -0.15) is 0 Å². The standard InChI is InChI=1S/C24H28N2O4/c1-4-26(5-2)18-8-6-17(7-9-18)14-22-23(27)19-10-11-21-20(24(19)30-22)15-25(16-29-21)12-13-28-3/h6-11,14H,4-5,12-13,15-16H2,1-3H3/b22-14-. The molecule has 2 heterocycles. The summed E-state index contributed by atoms with van der Waals surface area (Å²) in [6.45, 7) is 8.76. The zero-order chi connectivity index (χ0) is 21.1. The molecule has 4 rings (SSSR count). The van der Waals surface area contributed by atoms with Crippen molar-refractivity contribution < 1.29 is 19.0 Å². The average Bonchev–Trinajstić information content (AvgIpc) is 3.10. The normalized spacial score (nSPS) is 16.8. The molecule has 0 saturated carbocycles. The summed E-state index contributed by atoms with van der Waals surface area (Å²) in [5, 5.41) is 0. The summed E-state index contributed by atoms with van der Waals surface area (Å²) in [4.78, 5) is 17.3. The number of hydrogen-bond donors (Lipinski definition) is 0. The van der Waals surface area contributed by atoms with E-state index < -0.39 is 0 Å². The van der Waals surface area contributed by atoms with Gasteiger partial charge in [-0.25, -0.2) is 0 Å². The first-order valence-corrected chi connectivity index (χ1v) is 10.4. The zero-order valence-electron chi connectivity index (χ0n) is 17.8. The number of anilines is 1. The van der Waals surface area contributed by atoms with E-state index in [0.717, 1.165) is 36.5 Å². The Morgan fingerprint density at radius 2 is 1.90 bits per heavy atom. The molecular weight excluding hydrogens is 380 g/mol. The van der Waals surface area contributed by atoms with Gasteiger partial charge in [0, 0.05) is 39.0 Å². The van der Waals surface area contributed by atoms with Gasteiger partial charge in [-0.05, 0) is 49.8 Å². The summed E-state index contributed by atoms with van der Waals surface area (Å²) >= 11 is 0. The lowest BCUT2D eigenvalue weighted by Crippen LogP contribution is -2.34. The SMILES string of the molecule is CCN(CC)c1ccc(/C=C2\Oc3c(ccc4c3CN(CCOC)CO4)C2=O)cc1. The Morgan fingerprint density at radius 1 is 1.13 bits per heavy atom. The highest BCUT2D eigenvalue weighted by atomic mass is 16.5. The summed E-state index contributed by atoms with van der Waals surface area (Å²) in [7, 11) is 1.68. The van der Waals surface area contributed by atoms with E-state index in [2.05, 4.69) is 35.8 Å². The largest absolute Gasteiger partial charge is 0.478 e. The highest BCUT2D eigenvalue weighted by molar-refractivity contribution is 6.15. The van der Waals surface area contributed by atoms with E-state index in [1.165, 1.54) is 5.69 Å². The van der Waals surface area contributed by atoms with Crippen LogP contribution in [-0.4, -0.2) is 50.8 Å². The number of carbonyl (C=O) groups excluding carboxylic acids is 1.